The van der Waals surface area contributed by atoms with Gasteiger partial charge in [0.1, 0.15) is 5.75 Å². The summed E-state index contributed by atoms with van der Waals surface area (Å²) >= 11 is 3.67. The van der Waals surface area contributed by atoms with Crippen LogP contribution in [0, 0.1) is 5.92 Å². The third-order valence-corrected chi connectivity index (χ3v) is 4.46. The van der Waals surface area contributed by atoms with Crippen LogP contribution in [0.25, 0.3) is 22.2 Å². The molecule has 23 heavy (non-hydrogen) atoms. The van der Waals surface area contributed by atoms with E-state index in [9.17, 15) is 0 Å². The highest BCUT2D eigenvalue weighted by Crippen LogP contribution is 2.36. The van der Waals surface area contributed by atoms with E-state index in [0.717, 1.165) is 45.2 Å². The molecule has 0 radical (unpaired) electrons. The number of rotatable bonds is 5. The quantitative estimate of drug-likeness (QED) is 0.611. The van der Waals surface area contributed by atoms with Crippen molar-refractivity contribution in [3.8, 4) is 17.1 Å². The third kappa shape index (κ3) is 3.39. The highest BCUT2D eigenvalue weighted by Gasteiger charge is 2.14. The molecule has 0 bridgehead atoms. The predicted octanol–water partition coefficient (Wildman–Crippen LogP) is 5.25. The van der Waals surface area contributed by atoms with Crippen LogP contribution in [0.15, 0.2) is 39.7 Å². The van der Waals surface area contributed by atoms with E-state index in [2.05, 4.69) is 40.8 Å². The molecule has 0 aliphatic heterocycles. The molecule has 0 N–H and O–H groups in total. The van der Waals surface area contributed by atoms with E-state index in [1.807, 2.05) is 12.1 Å². The number of benzene rings is 1. The van der Waals surface area contributed by atoms with Crippen molar-refractivity contribution in [2.45, 2.75) is 26.7 Å². The molecule has 2 heterocycles. The van der Waals surface area contributed by atoms with Gasteiger partial charge in [-0.05, 0) is 30.9 Å². The number of oxazole rings is 1. The van der Waals surface area contributed by atoms with E-state index in [0.29, 0.717) is 11.7 Å². The first-order chi connectivity index (χ1) is 11.1. The van der Waals surface area contributed by atoms with E-state index >= 15 is 0 Å². The lowest BCUT2D eigenvalue weighted by atomic mass is 10.0. The summed E-state index contributed by atoms with van der Waals surface area (Å²) in [4.78, 5) is 8.76. The number of hydrogen-bond donors (Lipinski definition) is 0. The number of fused-ring (bicyclic) bond motifs is 1. The molecule has 5 heteroatoms. The zero-order chi connectivity index (χ0) is 16.4. The molecule has 0 amide bonds. The van der Waals surface area contributed by atoms with E-state index in [1.54, 1.807) is 13.3 Å². The SMILES string of the molecule is COc1cc2nc(CCC(C)C)cc(Br)c2cc1-c1cnco1. The summed E-state index contributed by atoms with van der Waals surface area (Å²) in [6, 6.07) is 6.08. The van der Waals surface area contributed by atoms with Crippen LogP contribution in [0.4, 0.5) is 0 Å². The first-order valence-corrected chi connectivity index (χ1v) is 8.44. The summed E-state index contributed by atoms with van der Waals surface area (Å²) in [7, 11) is 1.65. The second-order valence-corrected chi connectivity index (χ2v) is 6.82. The van der Waals surface area contributed by atoms with Gasteiger partial charge in [-0.3, -0.25) is 4.98 Å². The van der Waals surface area contributed by atoms with Gasteiger partial charge in [0.05, 0.1) is 24.4 Å². The van der Waals surface area contributed by atoms with Crippen LogP contribution in [-0.2, 0) is 6.42 Å². The Morgan fingerprint density at radius 1 is 1.26 bits per heavy atom. The highest BCUT2D eigenvalue weighted by atomic mass is 79.9. The number of ether oxygens (including phenoxy) is 1. The van der Waals surface area contributed by atoms with E-state index in [1.165, 1.54) is 6.39 Å². The molecule has 0 aliphatic carbocycles. The number of halogens is 1. The average molecular weight is 375 g/mol. The molecule has 2 aromatic heterocycles. The van der Waals surface area contributed by atoms with Crippen molar-refractivity contribution in [2.75, 3.05) is 7.11 Å². The first kappa shape index (κ1) is 16.0. The number of nitrogens with zero attached hydrogens (tertiary/aromatic N) is 2. The fraction of sp³-hybridized carbons (Fsp3) is 0.333. The fourth-order valence-electron chi connectivity index (χ4n) is 2.54. The van der Waals surface area contributed by atoms with Gasteiger partial charge >= 0.3 is 0 Å². The number of hydrogen-bond acceptors (Lipinski definition) is 4. The van der Waals surface area contributed by atoms with Crippen molar-refractivity contribution in [1.82, 2.24) is 9.97 Å². The van der Waals surface area contributed by atoms with Gasteiger partial charge < -0.3 is 9.15 Å². The van der Waals surface area contributed by atoms with Crippen LogP contribution >= 0.6 is 15.9 Å². The fourth-order valence-corrected chi connectivity index (χ4v) is 3.12. The minimum atomic E-state index is 0.662. The zero-order valence-corrected chi connectivity index (χ0v) is 15.1. The first-order valence-electron chi connectivity index (χ1n) is 7.64. The molecule has 0 unspecified atom stereocenters. The summed E-state index contributed by atoms with van der Waals surface area (Å²) in [6.07, 6.45) is 5.19. The van der Waals surface area contributed by atoms with Gasteiger partial charge in [0.15, 0.2) is 12.2 Å². The standard InChI is InChI=1S/C18H19BrN2O2/c1-11(2)4-5-12-6-15(19)13-7-14(18-9-20-10-23-18)17(22-3)8-16(13)21-12/h6-11H,4-5H2,1-3H3. The van der Waals surface area contributed by atoms with Gasteiger partial charge in [-0.15, -0.1) is 0 Å². The summed E-state index contributed by atoms with van der Waals surface area (Å²) < 4.78 is 12.0. The lowest BCUT2D eigenvalue weighted by molar-refractivity contribution is 0.415. The number of pyridine rings is 1. The molecule has 0 atom stereocenters. The van der Waals surface area contributed by atoms with E-state index in [-0.39, 0.29) is 0 Å². The largest absolute Gasteiger partial charge is 0.496 e. The minimum absolute atomic E-state index is 0.662. The van der Waals surface area contributed by atoms with Crippen LogP contribution in [0.1, 0.15) is 26.0 Å². The maximum absolute atomic E-state index is 5.51. The second kappa shape index (κ2) is 6.71. The van der Waals surface area contributed by atoms with Crippen molar-refractivity contribution in [1.29, 1.82) is 0 Å². The Balaban J connectivity index is 2.10. The molecule has 0 fully saturated rings. The minimum Gasteiger partial charge on any atom is -0.496 e. The van der Waals surface area contributed by atoms with E-state index < -0.39 is 0 Å². The molecular weight excluding hydrogens is 356 g/mol. The van der Waals surface area contributed by atoms with Crippen LogP contribution in [-0.4, -0.2) is 17.1 Å². The van der Waals surface area contributed by atoms with Gasteiger partial charge in [-0.1, -0.05) is 29.8 Å². The molecule has 0 saturated heterocycles. The Hall–Kier alpha value is -1.88. The van der Waals surface area contributed by atoms with Crippen molar-refractivity contribution >= 4 is 26.8 Å². The van der Waals surface area contributed by atoms with Crippen LogP contribution in [0.3, 0.4) is 0 Å². The summed E-state index contributed by atoms with van der Waals surface area (Å²) in [5, 5.41) is 1.03. The van der Waals surface area contributed by atoms with Crippen molar-refractivity contribution in [3.05, 3.63) is 41.0 Å². The maximum Gasteiger partial charge on any atom is 0.181 e. The third-order valence-electron chi connectivity index (χ3n) is 3.81. The van der Waals surface area contributed by atoms with Gasteiger partial charge in [0.2, 0.25) is 0 Å². The summed E-state index contributed by atoms with van der Waals surface area (Å²) in [6.45, 7) is 4.45. The molecule has 3 aromatic rings. The topological polar surface area (TPSA) is 48.2 Å². The smallest absolute Gasteiger partial charge is 0.181 e. The van der Waals surface area contributed by atoms with E-state index in [4.69, 9.17) is 14.1 Å². The van der Waals surface area contributed by atoms with Gasteiger partial charge in [0, 0.05) is 21.6 Å². The molecule has 120 valence electrons. The predicted molar refractivity (Wildman–Crippen MR) is 94.7 cm³/mol. The Bertz CT molecular complexity index is 813. The summed E-state index contributed by atoms with van der Waals surface area (Å²) in [5.74, 6) is 2.07. The van der Waals surface area contributed by atoms with Crippen molar-refractivity contribution in [3.63, 3.8) is 0 Å². The Labute approximate surface area is 144 Å². The highest BCUT2D eigenvalue weighted by molar-refractivity contribution is 9.10. The Morgan fingerprint density at radius 3 is 2.74 bits per heavy atom. The Morgan fingerprint density at radius 2 is 2.09 bits per heavy atom. The normalized spacial score (nSPS) is 11.3. The summed E-state index contributed by atoms with van der Waals surface area (Å²) in [5.41, 5.74) is 2.88. The van der Waals surface area contributed by atoms with Crippen LogP contribution in [0.2, 0.25) is 0 Å². The van der Waals surface area contributed by atoms with Crippen LogP contribution < -0.4 is 4.74 Å². The maximum atomic E-state index is 5.51. The van der Waals surface area contributed by atoms with Gasteiger partial charge in [-0.2, -0.15) is 0 Å². The Kier molecular flexibility index (Phi) is 4.66. The monoisotopic (exact) mass is 374 g/mol. The molecule has 3 rings (SSSR count). The van der Waals surface area contributed by atoms with Gasteiger partial charge in [-0.25, -0.2) is 4.98 Å². The molecular formula is C18H19BrN2O2. The number of aromatic nitrogens is 2. The molecule has 0 saturated carbocycles. The zero-order valence-electron chi connectivity index (χ0n) is 13.5. The molecule has 4 nitrogen and oxygen atoms in total. The molecule has 0 aliphatic rings. The van der Waals surface area contributed by atoms with Crippen molar-refractivity contribution < 1.29 is 9.15 Å². The average Bonchev–Trinajstić information content (AvgIpc) is 3.06. The number of aryl methyl sites for hydroxylation is 1. The molecule has 1 aromatic carbocycles. The molecule has 0 spiro atoms. The second-order valence-electron chi connectivity index (χ2n) is 5.96. The van der Waals surface area contributed by atoms with Gasteiger partial charge in [0.25, 0.3) is 0 Å². The number of methoxy groups -OCH3 is 1. The lowest BCUT2D eigenvalue weighted by Crippen LogP contribution is -1.97. The van der Waals surface area contributed by atoms with Crippen molar-refractivity contribution in [2.24, 2.45) is 5.92 Å². The van der Waals surface area contributed by atoms with Crippen LogP contribution in [0.5, 0.6) is 5.75 Å². The lowest BCUT2D eigenvalue weighted by Gasteiger charge is -2.11.